The number of aliphatic hydroxyl groups excluding tert-OH is 1. The van der Waals surface area contributed by atoms with E-state index >= 15 is 0 Å². The van der Waals surface area contributed by atoms with Gasteiger partial charge in [0, 0.05) is 6.07 Å². The van der Waals surface area contributed by atoms with Crippen molar-refractivity contribution in [3.63, 3.8) is 0 Å². The summed E-state index contributed by atoms with van der Waals surface area (Å²) in [6, 6.07) is 9.56. The second-order valence-electron chi connectivity index (χ2n) is 5.03. The number of hydrogen-bond acceptors (Lipinski definition) is 4. The summed E-state index contributed by atoms with van der Waals surface area (Å²) in [6.45, 7) is -0.0696. The van der Waals surface area contributed by atoms with Gasteiger partial charge in [0.25, 0.3) is 0 Å². The first-order chi connectivity index (χ1) is 11.8. The van der Waals surface area contributed by atoms with Gasteiger partial charge < -0.3 is 9.84 Å². The van der Waals surface area contributed by atoms with Crippen molar-refractivity contribution in [2.45, 2.75) is 6.61 Å². The van der Waals surface area contributed by atoms with Crippen LogP contribution in [-0.2, 0) is 16.8 Å². The second kappa shape index (κ2) is 6.52. The molecular formula is C15H11BrF2N2O4S. The predicted octanol–water partition coefficient (Wildman–Crippen LogP) is 3.32. The minimum absolute atomic E-state index is 0.0696. The van der Waals surface area contributed by atoms with Crippen LogP contribution in [0.5, 0.6) is 5.75 Å². The van der Waals surface area contributed by atoms with Crippen LogP contribution < -0.4 is 13.8 Å². The molecule has 1 aliphatic rings. The van der Waals surface area contributed by atoms with Gasteiger partial charge in [-0.15, -0.1) is 0 Å². The summed E-state index contributed by atoms with van der Waals surface area (Å²) in [5, 5.41) is 9.38. The predicted molar refractivity (Wildman–Crippen MR) is 90.1 cm³/mol. The molecule has 0 aliphatic carbocycles. The van der Waals surface area contributed by atoms with Crippen molar-refractivity contribution in [2.75, 3.05) is 4.31 Å². The molecule has 25 heavy (non-hydrogen) atoms. The van der Waals surface area contributed by atoms with Crippen molar-refractivity contribution in [1.82, 2.24) is 4.72 Å². The summed E-state index contributed by atoms with van der Waals surface area (Å²) in [6.07, 6.45) is 0.785. The van der Waals surface area contributed by atoms with Crippen LogP contribution in [0.15, 0.2) is 53.0 Å². The second-order valence-corrected chi connectivity index (χ2v) is 7.37. The van der Waals surface area contributed by atoms with Crippen LogP contribution in [0.2, 0.25) is 0 Å². The molecule has 0 fully saturated rings. The normalized spacial score (nSPS) is 15.6. The third-order valence-corrected chi connectivity index (χ3v) is 5.31. The van der Waals surface area contributed by atoms with E-state index < -0.39 is 43.6 Å². The van der Waals surface area contributed by atoms with E-state index in [1.807, 2.05) is 0 Å². The first kappa shape index (κ1) is 17.5. The lowest BCUT2D eigenvalue weighted by atomic mass is 10.2. The maximum atomic E-state index is 14.5. The lowest BCUT2D eigenvalue weighted by molar-refractivity contribution is 0.290. The molecule has 6 nitrogen and oxygen atoms in total. The number of hydrogen-bond donors (Lipinski definition) is 2. The average Bonchev–Trinajstić information content (AvgIpc) is 2.84. The van der Waals surface area contributed by atoms with Crippen LogP contribution >= 0.6 is 15.9 Å². The molecule has 132 valence electrons. The topological polar surface area (TPSA) is 78.9 Å². The van der Waals surface area contributed by atoms with Crippen LogP contribution in [0.4, 0.5) is 14.5 Å². The highest BCUT2D eigenvalue weighted by atomic mass is 79.9. The molecule has 0 spiro atoms. The van der Waals surface area contributed by atoms with Crippen LogP contribution in [0, 0.1) is 11.6 Å². The Kier molecular flexibility index (Phi) is 4.56. The van der Waals surface area contributed by atoms with Crippen LogP contribution in [0.1, 0.15) is 5.56 Å². The molecule has 0 amide bonds. The summed E-state index contributed by atoms with van der Waals surface area (Å²) < 4.78 is 59.6. The van der Waals surface area contributed by atoms with Gasteiger partial charge in [-0.25, -0.2) is 17.8 Å². The van der Waals surface area contributed by atoms with E-state index in [0.29, 0.717) is 9.87 Å². The molecule has 2 aromatic rings. The summed E-state index contributed by atoms with van der Waals surface area (Å²) in [5.41, 5.74) is 0.291. The van der Waals surface area contributed by atoms with Gasteiger partial charge >= 0.3 is 10.2 Å². The molecule has 1 aliphatic heterocycles. The Hall–Kier alpha value is -2.33. The van der Waals surface area contributed by atoms with E-state index in [2.05, 4.69) is 15.9 Å². The Balaban J connectivity index is 2.06. The molecule has 3 rings (SSSR count). The number of benzene rings is 2. The highest BCUT2D eigenvalue weighted by Crippen LogP contribution is 2.40. The Labute approximate surface area is 150 Å². The maximum Gasteiger partial charge on any atom is 0.330 e. The lowest BCUT2D eigenvalue weighted by Gasteiger charge is -2.19. The smallest absolute Gasteiger partial charge is 0.330 e. The minimum atomic E-state index is -4.23. The van der Waals surface area contributed by atoms with E-state index in [1.165, 1.54) is 0 Å². The highest BCUT2D eigenvalue weighted by Gasteiger charge is 2.33. The number of aliphatic hydroxyl groups is 1. The zero-order valence-corrected chi connectivity index (χ0v) is 14.8. The lowest BCUT2D eigenvalue weighted by Crippen LogP contribution is -2.30. The van der Waals surface area contributed by atoms with E-state index in [1.54, 1.807) is 35.1 Å². The van der Waals surface area contributed by atoms with Crippen molar-refractivity contribution in [2.24, 2.45) is 0 Å². The van der Waals surface area contributed by atoms with E-state index in [4.69, 9.17) is 4.74 Å². The molecule has 0 saturated heterocycles. The minimum Gasteiger partial charge on any atom is -0.493 e. The zero-order chi connectivity index (χ0) is 18.2. The van der Waals surface area contributed by atoms with Gasteiger partial charge in [-0.1, -0.05) is 30.3 Å². The van der Waals surface area contributed by atoms with Crippen LogP contribution in [0.25, 0.3) is 0 Å². The first-order valence-electron chi connectivity index (χ1n) is 6.87. The summed E-state index contributed by atoms with van der Waals surface area (Å²) in [7, 11) is -4.23. The van der Waals surface area contributed by atoms with Gasteiger partial charge in [-0.05, 0) is 21.5 Å². The van der Waals surface area contributed by atoms with Crippen LogP contribution in [0.3, 0.4) is 0 Å². The zero-order valence-electron chi connectivity index (χ0n) is 12.4. The van der Waals surface area contributed by atoms with Gasteiger partial charge in [0.1, 0.15) is 18.1 Å². The van der Waals surface area contributed by atoms with Crippen LogP contribution in [-0.4, -0.2) is 13.5 Å². The molecule has 0 radical (unpaired) electrons. The Morgan fingerprint density at radius 2 is 1.92 bits per heavy atom. The summed E-state index contributed by atoms with van der Waals surface area (Å²) in [4.78, 5) is 0. The number of anilines is 1. The van der Waals surface area contributed by atoms with Gasteiger partial charge in [0.05, 0.1) is 10.7 Å². The quantitative estimate of drug-likeness (QED) is 0.726. The molecule has 2 N–H and O–H groups in total. The molecule has 10 heteroatoms. The maximum absolute atomic E-state index is 14.5. The number of halogens is 3. The Morgan fingerprint density at radius 3 is 2.52 bits per heavy atom. The van der Waals surface area contributed by atoms with E-state index in [0.717, 1.165) is 12.3 Å². The van der Waals surface area contributed by atoms with Crippen molar-refractivity contribution in [3.05, 3.63) is 70.2 Å². The van der Waals surface area contributed by atoms with E-state index in [-0.39, 0.29) is 6.61 Å². The number of nitrogens with zero attached hydrogens (tertiary/aromatic N) is 1. The molecule has 0 unspecified atom stereocenters. The van der Waals surface area contributed by atoms with Gasteiger partial charge in [0.2, 0.25) is 5.88 Å². The third-order valence-electron chi connectivity index (χ3n) is 3.29. The first-order valence-corrected chi connectivity index (χ1v) is 9.10. The fraction of sp³-hybridized carbons (Fsp3) is 0.0667. The van der Waals surface area contributed by atoms with Crippen molar-refractivity contribution in [1.29, 1.82) is 0 Å². The summed E-state index contributed by atoms with van der Waals surface area (Å²) >= 11 is 2.76. The fourth-order valence-corrected chi connectivity index (χ4v) is 3.53. The van der Waals surface area contributed by atoms with Gasteiger partial charge in [0.15, 0.2) is 11.6 Å². The molecule has 0 bridgehead atoms. The van der Waals surface area contributed by atoms with Crippen molar-refractivity contribution >= 4 is 31.8 Å². The number of nitrogens with one attached hydrogen (secondary N) is 1. The standard InChI is InChI=1S/C15H11BrF2N2O4S/c16-13-10(17)6-11(20-7-12(21)19-25(20,22)23)15(14(13)18)24-8-9-4-2-1-3-5-9/h1-7,19,21H,8H2. The molecule has 2 aromatic carbocycles. The van der Waals surface area contributed by atoms with Crippen molar-refractivity contribution < 1.29 is 27.0 Å². The highest BCUT2D eigenvalue weighted by molar-refractivity contribution is 9.10. The largest absolute Gasteiger partial charge is 0.493 e. The van der Waals surface area contributed by atoms with Gasteiger partial charge in [-0.3, -0.25) is 0 Å². The molecule has 0 atom stereocenters. The molecular weight excluding hydrogens is 422 g/mol. The molecule has 1 heterocycles. The number of ether oxygens (including phenoxy) is 1. The Bertz CT molecular complexity index is 952. The average molecular weight is 433 g/mol. The Morgan fingerprint density at radius 1 is 1.24 bits per heavy atom. The monoisotopic (exact) mass is 432 g/mol. The molecule has 0 saturated carbocycles. The summed E-state index contributed by atoms with van der Waals surface area (Å²) in [5.74, 6) is -3.28. The van der Waals surface area contributed by atoms with Crippen molar-refractivity contribution in [3.8, 4) is 5.75 Å². The SMILES string of the molecule is O=S1(=O)NC(O)=CN1c1cc(F)c(Br)c(F)c1OCc1ccccc1. The van der Waals surface area contributed by atoms with E-state index in [9.17, 15) is 22.3 Å². The molecule has 0 aromatic heterocycles. The third kappa shape index (κ3) is 3.40. The van der Waals surface area contributed by atoms with Gasteiger partial charge in [-0.2, -0.15) is 8.42 Å². The fourth-order valence-electron chi connectivity index (χ4n) is 2.18. The number of rotatable bonds is 4.